The Labute approximate surface area is 184 Å². The molecule has 3 aliphatic heterocycles. The predicted molar refractivity (Wildman–Crippen MR) is 119 cm³/mol. The Morgan fingerprint density at radius 1 is 1.16 bits per heavy atom. The molecule has 2 fully saturated rings. The molecule has 0 N–H and O–H groups in total. The van der Waals surface area contributed by atoms with Crippen LogP contribution in [-0.2, 0) is 12.5 Å². The number of hydrogen-bond donors (Lipinski definition) is 0. The van der Waals surface area contributed by atoms with Crippen LogP contribution in [0.2, 0.25) is 0 Å². The first-order chi connectivity index (χ1) is 15.6. The molecule has 0 radical (unpaired) electrons. The summed E-state index contributed by atoms with van der Waals surface area (Å²) in [5, 5.41) is 0. The van der Waals surface area contributed by atoms with Gasteiger partial charge in [-0.25, -0.2) is 19.3 Å². The summed E-state index contributed by atoms with van der Waals surface area (Å²) in [5.74, 6) is 0.765. The first kappa shape index (κ1) is 19.3. The minimum Gasteiger partial charge on any atom is -0.355 e. The number of carbonyl (C=O) groups is 1. The third-order valence-electron chi connectivity index (χ3n) is 7.09. The lowest BCUT2D eigenvalue weighted by Crippen LogP contribution is -2.43. The van der Waals surface area contributed by atoms with Crippen molar-refractivity contribution in [2.75, 3.05) is 31.1 Å². The monoisotopic (exact) mass is 433 g/mol. The third-order valence-corrected chi connectivity index (χ3v) is 7.09. The number of aryl methyl sites for hydroxylation is 1. The zero-order valence-corrected chi connectivity index (χ0v) is 17.9. The van der Waals surface area contributed by atoms with E-state index in [9.17, 15) is 9.18 Å². The van der Waals surface area contributed by atoms with Gasteiger partial charge in [0, 0.05) is 38.3 Å². The largest absolute Gasteiger partial charge is 0.355 e. The average Bonchev–Trinajstić information content (AvgIpc) is 3.51. The van der Waals surface area contributed by atoms with Gasteiger partial charge in [-0.05, 0) is 30.9 Å². The smallest absolute Gasteiger partial charge is 0.290 e. The van der Waals surface area contributed by atoms with Gasteiger partial charge in [-0.2, -0.15) is 0 Å². The van der Waals surface area contributed by atoms with E-state index < -0.39 is 6.17 Å². The predicted octanol–water partition coefficient (Wildman–Crippen LogP) is 2.80. The van der Waals surface area contributed by atoms with Gasteiger partial charge in [-0.3, -0.25) is 9.79 Å². The quantitative estimate of drug-likeness (QED) is 0.621. The van der Waals surface area contributed by atoms with Crippen molar-refractivity contribution in [3.8, 4) is 0 Å². The number of piperidine rings is 1. The maximum Gasteiger partial charge on any atom is 0.290 e. The van der Waals surface area contributed by atoms with E-state index >= 15 is 0 Å². The van der Waals surface area contributed by atoms with Crippen LogP contribution >= 0.6 is 0 Å². The van der Waals surface area contributed by atoms with E-state index in [-0.39, 0.29) is 23.7 Å². The average molecular weight is 433 g/mol. The number of fused-ring (bicyclic) bond motifs is 3. The fourth-order valence-electron chi connectivity index (χ4n) is 5.24. The topological polar surface area (TPSA) is 79.5 Å². The van der Waals surface area contributed by atoms with Crippen LogP contribution in [0.4, 0.5) is 15.9 Å². The van der Waals surface area contributed by atoms with E-state index in [2.05, 4.69) is 49.3 Å². The molecule has 2 aromatic heterocycles. The number of amides is 1. The maximum absolute atomic E-state index is 13.6. The first-order valence-electron chi connectivity index (χ1n) is 11.1. The summed E-state index contributed by atoms with van der Waals surface area (Å²) in [6, 6.07) is 8.35. The number of carbonyl (C=O) groups excluding carboxylic acids is 1. The molecule has 164 valence electrons. The molecule has 0 aliphatic carbocycles. The van der Waals surface area contributed by atoms with Gasteiger partial charge >= 0.3 is 0 Å². The van der Waals surface area contributed by atoms with E-state index in [4.69, 9.17) is 0 Å². The van der Waals surface area contributed by atoms with E-state index in [1.54, 1.807) is 11.6 Å². The fourth-order valence-corrected chi connectivity index (χ4v) is 5.24. The van der Waals surface area contributed by atoms with E-state index in [0.717, 1.165) is 37.4 Å². The third kappa shape index (κ3) is 2.83. The van der Waals surface area contributed by atoms with Crippen molar-refractivity contribution in [1.82, 2.24) is 24.4 Å². The van der Waals surface area contributed by atoms with Crippen LogP contribution in [0.1, 0.15) is 35.4 Å². The highest BCUT2D eigenvalue weighted by molar-refractivity contribution is 5.96. The number of rotatable bonds is 2. The SMILES string of the molecule is Cn1c(C(=O)N2CC[C@@H](F)C2)nc2c(N3CCC4(C=Nc5ccccc54)CC3)ncnc21. The summed E-state index contributed by atoms with van der Waals surface area (Å²) in [5.41, 5.74) is 3.57. The number of imidazole rings is 1. The molecular formula is C23H24FN7O. The lowest BCUT2D eigenvalue weighted by atomic mass is 9.74. The zero-order valence-electron chi connectivity index (χ0n) is 17.9. The molecule has 0 unspecified atom stereocenters. The number of likely N-dealkylation sites (tertiary alicyclic amines) is 1. The van der Waals surface area contributed by atoms with E-state index in [1.807, 2.05) is 6.07 Å². The van der Waals surface area contributed by atoms with Gasteiger partial charge in [0.1, 0.15) is 12.5 Å². The summed E-state index contributed by atoms with van der Waals surface area (Å²) in [7, 11) is 1.78. The Morgan fingerprint density at radius 2 is 1.97 bits per heavy atom. The molecule has 1 aromatic carbocycles. The summed E-state index contributed by atoms with van der Waals surface area (Å²) < 4.78 is 15.3. The van der Waals surface area contributed by atoms with Crippen molar-refractivity contribution in [2.45, 2.75) is 30.8 Å². The van der Waals surface area contributed by atoms with Gasteiger partial charge in [0.2, 0.25) is 5.82 Å². The Kier molecular flexibility index (Phi) is 4.28. The number of hydrogen-bond acceptors (Lipinski definition) is 6. The van der Waals surface area contributed by atoms with Crippen LogP contribution in [0.25, 0.3) is 11.2 Å². The number of aliphatic imine (C=N–C) groups is 1. The molecule has 2 saturated heterocycles. The Balaban J connectivity index is 1.29. The normalized spacial score (nSPS) is 21.6. The van der Waals surface area contributed by atoms with Crippen LogP contribution in [0.5, 0.6) is 0 Å². The Hall–Kier alpha value is -3.36. The maximum atomic E-state index is 13.6. The van der Waals surface area contributed by atoms with Crippen LogP contribution in [-0.4, -0.2) is 68.9 Å². The molecular weight excluding hydrogens is 409 g/mol. The van der Waals surface area contributed by atoms with Crippen molar-refractivity contribution in [3.63, 3.8) is 0 Å². The van der Waals surface area contributed by atoms with Crippen molar-refractivity contribution < 1.29 is 9.18 Å². The number of para-hydroxylation sites is 1. The molecule has 1 atom stereocenters. The van der Waals surface area contributed by atoms with Gasteiger partial charge in [0.05, 0.1) is 12.2 Å². The second kappa shape index (κ2) is 7.08. The van der Waals surface area contributed by atoms with Crippen molar-refractivity contribution >= 4 is 34.8 Å². The van der Waals surface area contributed by atoms with Gasteiger partial charge < -0.3 is 14.4 Å². The molecule has 1 spiro atoms. The number of alkyl halides is 1. The molecule has 9 heteroatoms. The molecule has 0 saturated carbocycles. The van der Waals surface area contributed by atoms with Gasteiger partial charge in [-0.15, -0.1) is 0 Å². The van der Waals surface area contributed by atoms with E-state index in [1.165, 1.54) is 16.8 Å². The van der Waals surface area contributed by atoms with Crippen molar-refractivity contribution in [3.05, 3.63) is 42.0 Å². The second-order valence-electron chi connectivity index (χ2n) is 8.92. The van der Waals surface area contributed by atoms with Crippen molar-refractivity contribution in [2.24, 2.45) is 12.0 Å². The first-order valence-corrected chi connectivity index (χ1v) is 11.1. The lowest BCUT2D eigenvalue weighted by Gasteiger charge is -2.38. The molecule has 32 heavy (non-hydrogen) atoms. The van der Waals surface area contributed by atoms with Crippen LogP contribution in [0.3, 0.4) is 0 Å². The summed E-state index contributed by atoms with van der Waals surface area (Å²) in [6.07, 6.45) is 4.91. The molecule has 8 nitrogen and oxygen atoms in total. The van der Waals surface area contributed by atoms with Gasteiger partial charge in [0.15, 0.2) is 17.0 Å². The summed E-state index contributed by atoms with van der Waals surface area (Å²) in [6.45, 7) is 2.15. The van der Waals surface area contributed by atoms with Crippen LogP contribution in [0.15, 0.2) is 35.6 Å². The number of nitrogens with zero attached hydrogens (tertiary/aromatic N) is 7. The fraction of sp³-hybridized carbons (Fsp3) is 0.435. The second-order valence-corrected chi connectivity index (χ2v) is 8.92. The number of halogens is 1. The van der Waals surface area contributed by atoms with Gasteiger partial charge in [-0.1, -0.05) is 18.2 Å². The molecule has 0 bridgehead atoms. The van der Waals surface area contributed by atoms with E-state index in [0.29, 0.717) is 24.1 Å². The molecule has 3 aliphatic rings. The molecule has 3 aromatic rings. The highest BCUT2D eigenvalue weighted by Gasteiger charge is 2.40. The Bertz CT molecular complexity index is 1240. The zero-order chi connectivity index (χ0) is 21.9. The highest BCUT2D eigenvalue weighted by atomic mass is 19.1. The molecule has 6 rings (SSSR count). The minimum atomic E-state index is -0.964. The standard InChI is InChI=1S/C23H24FN7O/c1-29-19-18(28-21(29)22(32)31-9-6-15(24)12-31)20(27-14-26-19)30-10-7-23(8-11-30)13-25-17-5-3-2-4-16(17)23/h2-5,13-15H,6-12H2,1H3/t15-/m1/s1. The minimum absolute atomic E-state index is 0.0247. The van der Waals surface area contributed by atoms with Crippen LogP contribution < -0.4 is 4.90 Å². The summed E-state index contributed by atoms with van der Waals surface area (Å²) in [4.78, 5) is 34.9. The molecule has 5 heterocycles. The molecule has 1 amide bonds. The Morgan fingerprint density at radius 3 is 2.75 bits per heavy atom. The van der Waals surface area contributed by atoms with Gasteiger partial charge in [0.25, 0.3) is 5.91 Å². The van der Waals surface area contributed by atoms with Crippen LogP contribution in [0, 0.1) is 0 Å². The number of aromatic nitrogens is 4. The number of benzene rings is 1. The number of anilines is 1. The lowest BCUT2D eigenvalue weighted by molar-refractivity contribution is 0.0767. The van der Waals surface area contributed by atoms with Crippen molar-refractivity contribution in [1.29, 1.82) is 0 Å². The highest BCUT2D eigenvalue weighted by Crippen LogP contribution is 2.44. The summed E-state index contributed by atoms with van der Waals surface area (Å²) >= 11 is 0.